The van der Waals surface area contributed by atoms with Gasteiger partial charge >= 0.3 is 11.4 Å². The van der Waals surface area contributed by atoms with Crippen molar-refractivity contribution in [2.24, 2.45) is 5.92 Å². The Morgan fingerprint density at radius 3 is 1.81 bits per heavy atom. The third-order valence-corrected chi connectivity index (χ3v) is 4.26. The van der Waals surface area contributed by atoms with Gasteiger partial charge in [0.15, 0.2) is 0 Å². The molecule has 1 atom stereocenters. The molecule has 27 heavy (non-hydrogen) atoms. The average Bonchev–Trinajstić information content (AvgIpc) is 2.54. The molecule has 0 saturated carbocycles. The summed E-state index contributed by atoms with van der Waals surface area (Å²) in [6.45, 7) is 11.9. The van der Waals surface area contributed by atoms with Gasteiger partial charge in [0.25, 0.3) is 11.4 Å². The number of nitrogens with zero attached hydrogens (tertiary/aromatic N) is 4. The van der Waals surface area contributed by atoms with Crippen LogP contribution in [-0.2, 0) is 0 Å². The quantitative estimate of drug-likeness (QED) is 0.612. The first kappa shape index (κ1) is 22.2. The number of hydrogen-bond donors (Lipinski definition) is 1. The topological polar surface area (TPSA) is 153 Å². The average molecular weight is 384 g/mol. The summed E-state index contributed by atoms with van der Waals surface area (Å²) >= 11 is 0. The van der Waals surface area contributed by atoms with Crippen molar-refractivity contribution >= 4 is 17.1 Å². The second-order valence-corrected chi connectivity index (χ2v) is 7.47. The van der Waals surface area contributed by atoms with Crippen molar-refractivity contribution in [2.45, 2.75) is 46.1 Å². The maximum Gasteiger partial charge on any atom is 0.324 e. The molecule has 0 radical (unpaired) electrons. The van der Waals surface area contributed by atoms with Crippen molar-refractivity contribution in [1.29, 1.82) is 0 Å². The first-order chi connectivity index (χ1) is 12.3. The summed E-state index contributed by atoms with van der Waals surface area (Å²) in [6.07, 6.45) is 2.81. The second-order valence-electron chi connectivity index (χ2n) is 7.47. The van der Waals surface area contributed by atoms with Gasteiger partial charge in [-0.1, -0.05) is 6.92 Å². The third kappa shape index (κ3) is 6.13. The number of nitro benzene ring substituents is 3. The minimum Gasteiger partial charge on any atom is -0.497 e. The number of benzene rings is 1. The Morgan fingerprint density at radius 2 is 1.52 bits per heavy atom. The molecule has 2 rings (SSSR count). The lowest BCUT2D eigenvalue weighted by Gasteiger charge is -2.40. The van der Waals surface area contributed by atoms with Gasteiger partial charge in [0.1, 0.15) is 0 Å². The number of hydrogen-bond acceptors (Lipinski definition) is 8. The monoisotopic (exact) mass is 384 g/mol. The SMILES string of the molecule is CC1CCCN(C(C)(C)C)C1.O=[N+]([O-])c1cc([N+](=O)[O-])c(O)c([N+](=O)[O-])c1. The number of rotatable bonds is 3. The van der Waals surface area contributed by atoms with E-state index in [1.165, 1.54) is 25.9 Å². The Morgan fingerprint density at radius 1 is 1.04 bits per heavy atom. The fourth-order valence-corrected chi connectivity index (χ4v) is 2.77. The first-order valence-corrected chi connectivity index (χ1v) is 8.39. The van der Waals surface area contributed by atoms with Gasteiger partial charge in [-0.3, -0.25) is 35.2 Å². The lowest BCUT2D eigenvalue weighted by Crippen LogP contribution is -2.46. The summed E-state index contributed by atoms with van der Waals surface area (Å²) in [5.41, 5.74) is -2.62. The molecule has 0 aliphatic carbocycles. The Kier molecular flexibility index (Phi) is 7.17. The normalized spacial score (nSPS) is 17.6. The zero-order valence-corrected chi connectivity index (χ0v) is 15.7. The van der Waals surface area contributed by atoms with Gasteiger partial charge in [-0.15, -0.1) is 0 Å². The van der Waals surface area contributed by atoms with Crippen molar-refractivity contribution in [3.8, 4) is 5.75 Å². The van der Waals surface area contributed by atoms with E-state index in [-0.39, 0.29) is 0 Å². The molecule has 1 heterocycles. The van der Waals surface area contributed by atoms with E-state index in [1.807, 2.05) is 0 Å². The summed E-state index contributed by atoms with van der Waals surface area (Å²) in [5, 5.41) is 40.2. The fourth-order valence-electron chi connectivity index (χ4n) is 2.77. The standard InChI is InChI=1S/C10H21N.C6H3N3O7/c1-9-6-5-7-11(8-9)10(2,3)4;10-6-4(8(13)14)1-3(7(11)12)2-5(6)9(15)16/h9H,5-8H2,1-4H3;1-2,10H. The molecule has 1 saturated heterocycles. The van der Waals surface area contributed by atoms with E-state index in [4.69, 9.17) is 5.11 Å². The smallest absolute Gasteiger partial charge is 0.324 e. The van der Waals surface area contributed by atoms with Crippen LogP contribution in [0.1, 0.15) is 40.5 Å². The highest BCUT2D eigenvalue weighted by atomic mass is 16.6. The van der Waals surface area contributed by atoms with Gasteiger partial charge in [-0.2, -0.15) is 0 Å². The predicted molar refractivity (Wildman–Crippen MR) is 97.8 cm³/mol. The van der Waals surface area contributed by atoms with Crippen LogP contribution in [0.15, 0.2) is 12.1 Å². The van der Waals surface area contributed by atoms with E-state index < -0.39 is 37.6 Å². The van der Waals surface area contributed by atoms with Crippen molar-refractivity contribution in [1.82, 2.24) is 4.90 Å². The van der Waals surface area contributed by atoms with Gasteiger partial charge in [-0.25, -0.2) is 0 Å². The van der Waals surface area contributed by atoms with E-state index >= 15 is 0 Å². The largest absolute Gasteiger partial charge is 0.497 e. The molecule has 150 valence electrons. The first-order valence-electron chi connectivity index (χ1n) is 8.39. The molecule has 1 aliphatic rings. The van der Waals surface area contributed by atoms with Crippen LogP contribution in [0.2, 0.25) is 0 Å². The molecule has 1 aromatic rings. The van der Waals surface area contributed by atoms with Crippen LogP contribution in [0.5, 0.6) is 5.75 Å². The van der Waals surface area contributed by atoms with Crippen molar-refractivity contribution in [3.63, 3.8) is 0 Å². The van der Waals surface area contributed by atoms with Crippen molar-refractivity contribution in [2.75, 3.05) is 13.1 Å². The highest BCUT2D eigenvalue weighted by Gasteiger charge is 2.30. The van der Waals surface area contributed by atoms with Crippen LogP contribution in [0.25, 0.3) is 0 Å². The second kappa shape index (κ2) is 8.71. The van der Waals surface area contributed by atoms with Gasteiger partial charge in [0.05, 0.1) is 26.9 Å². The predicted octanol–water partition coefficient (Wildman–Crippen LogP) is 3.63. The lowest BCUT2D eigenvalue weighted by molar-refractivity contribution is -0.404. The van der Waals surface area contributed by atoms with E-state index in [0.717, 1.165) is 5.92 Å². The van der Waals surface area contributed by atoms with Crippen LogP contribution in [0, 0.1) is 36.3 Å². The molecule has 1 unspecified atom stereocenters. The third-order valence-electron chi connectivity index (χ3n) is 4.26. The maximum absolute atomic E-state index is 10.4. The highest BCUT2D eigenvalue weighted by molar-refractivity contribution is 5.64. The Hall–Kier alpha value is -2.82. The van der Waals surface area contributed by atoms with Gasteiger partial charge in [0.2, 0.25) is 0 Å². The van der Waals surface area contributed by atoms with Crippen molar-refractivity contribution < 1.29 is 19.9 Å². The molecule has 0 aromatic heterocycles. The molecule has 1 aromatic carbocycles. The molecule has 0 spiro atoms. The van der Waals surface area contributed by atoms with Crippen molar-refractivity contribution in [3.05, 3.63) is 42.5 Å². The van der Waals surface area contributed by atoms with Gasteiger partial charge < -0.3 is 5.11 Å². The summed E-state index contributed by atoms with van der Waals surface area (Å²) in [6, 6.07) is 0.894. The van der Waals surface area contributed by atoms with E-state index in [9.17, 15) is 30.3 Å². The molecule has 11 nitrogen and oxygen atoms in total. The number of aromatic hydroxyl groups is 1. The maximum atomic E-state index is 10.4. The summed E-state index contributed by atoms with van der Waals surface area (Å²) in [5.74, 6) is -0.302. The Bertz CT molecular complexity index is 695. The number of non-ortho nitro benzene ring substituents is 1. The van der Waals surface area contributed by atoms with Crippen LogP contribution >= 0.6 is 0 Å². The summed E-state index contributed by atoms with van der Waals surface area (Å²) in [4.78, 5) is 30.4. The zero-order valence-electron chi connectivity index (χ0n) is 15.7. The Labute approximate surface area is 156 Å². The fraction of sp³-hybridized carbons (Fsp3) is 0.625. The lowest BCUT2D eigenvalue weighted by atomic mass is 9.95. The number of phenols is 1. The molecule has 1 fully saturated rings. The van der Waals surface area contributed by atoms with Crippen LogP contribution in [-0.4, -0.2) is 43.4 Å². The molecule has 1 aliphatic heterocycles. The Balaban J connectivity index is 0.000000289. The van der Waals surface area contributed by atoms with E-state index in [1.54, 1.807) is 0 Å². The molecular formula is C16H24N4O7. The van der Waals surface area contributed by atoms with Crippen LogP contribution in [0.3, 0.4) is 0 Å². The van der Waals surface area contributed by atoms with E-state index in [2.05, 4.69) is 32.6 Å². The molecule has 0 amide bonds. The van der Waals surface area contributed by atoms with Crippen LogP contribution in [0.4, 0.5) is 17.1 Å². The molecule has 0 bridgehead atoms. The van der Waals surface area contributed by atoms with Crippen LogP contribution < -0.4 is 0 Å². The molecular weight excluding hydrogens is 360 g/mol. The summed E-state index contributed by atoms with van der Waals surface area (Å²) in [7, 11) is 0. The zero-order chi connectivity index (χ0) is 20.9. The number of phenolic OH excluding ortho intramolecular Hbond substituents is 1. The number of likely N-dealkylation sites (tertiary alicyclic amines) is 1. The minimum atomic E-state index is -1.21. The highest BCUT2D eigenvalue weighted by Crippen LogP contribution is 2.38. The van der Waals surface area contributed by atoms with Gasteiger partial charge in [-0.05, 0) is 46.1 Å². The molecule has 1 N–H and O–H groups in total. The van der Waals surface area contributed by atoms with E-state index in [0.29, 0.717) is 17.7 Å². The van der Waals surface area contributed by atoms with Gasteiger partial charge in [0, 0.05) is 12.1 Å². The number of nitro groups is 3. The number of piperidine rings is 1. The minimum absolute atomic E-state index is 0.384. The summed E-state index contributed by atoms with van der Waals surface area (Å²) < 4.78 is 0. The molecule has 11 heteroatoms.